The van der Waals surface area contributed by atoms with Crippen LogP contribution in [-0.2, 0) is 16.6 Å². The number of nitrogens with one attached hydrogen (secondary N) is 2. The highest BCUT2D eigenvalue weighted by molar-refractivity contribution is 7.89. The molecule has 1 fully saturated rings. The third kappa shape index (κ3) is 4.02. The van der Waals surface area contributed by atoms with Gasteiger partial charge in [-0.2, -0.15) is 0 Å². The molecule has 1 unspecified atom stereocenters. The van der Waals surface area contributed by atoms with Gasteiger partial charge in [-0.05, 0) is 42.5 Å². The van der Waals surface area contributed by atoms with E-state index in [9.17, 15) is 12.8 Å². The number of hydrogen-bond acceptors (Lipinski definition) is 3. The van der Waals surface area contributed by atoms with E-state index in [1.54, 1.807) is 0 Å². The third-order valence-electron chi connectivity index (χ3n) is 3.87. The average Bonchev–Trinajstić information content (AvgIpc) is 2.97. The lowest BCUT2D eigenvalue weighted by atomic mass is 10.2. The van der Waals surface area contributed by atoms with Crippen molar-refractivity contribution < 1.29 is 12.8 Å². The predicted molar refractivity (Wildman–Crippen MR) is 80.9 cm³/mol. The first-order chi connectivity index (χ1) is 9.76. The maximum absolute atomic E-state index is 13.5. The van der Waals surface area contributed by atoms with E-state index in [4.69, 9.17) is 0 Å². The summed E-state index contributed by atoms with van der Waals surface area (Å²) in [7, 11) is -3.69. The lowest BCUT2D eigenvalue weighted by Crippen LogP contribution is -2.30. The van der Waals surface area contributed by atoms with Crippen LogP contribution in [-0.4, -0.2) is 21.0 Å². The second kappa shape index (κ2) is 6.02. The fourth-order valence-electron chi connectivity index (χ4n) is 2.24. The molecule has 0 bridgehead atoms. The third-order valence-corrected chi connectivity index (χ3v) is 5.43. The van der Waals surface area contributed by atoms with Crippen LogP contribution in [0.15, 0.2) is 23.1 Å². The molecule has 2 N–H and O–H groups in total. The highest BCUT2D eigenvalue weighted by Gasteiger charge is 2.48. The van der Waals surface area contributed by atoms with E-state index in [0.717, 1.165) is 25.5 Å². The van der Waals surface area contributed by atoms with Gasteiger partial charge < -0.3 is 5.32 Å². The zero-order valence-corrected chi connectivity index (χ0v) is 13.6. The van der Waals surface area contributed by atoms with E-state index in [0.29, 0.717) is 12.1 Å². The first-order valence-corrected chi connectivity index (χ1v) is 8.76. The minimum Gasteiger partial charge on any atom is -0.313 e. The van der Waals surface area contributed by atoms with Crippen LogP contribution >= 0.6 is 0 Å². The second-order valence-corrected chi connectivity index (χ2v) is 7.98. The van der Waals surface area contributed by atoms with Gasteiger partial charge in [-0.3, -0.25) is 0 Å². The molecule has 0 amide bonds. The molecule has 1 atom stereocenters. The van der Waals surface area contributed by atoms with Crippen molar-refractivity contribution >= 4 is 10.0 Å². The maximum atomic E-state index is 13.5. The summed E-state index contributed by atoms with van der Waals surface area (Å²) in [5.74, 6) is -0.537. The van der Waals surface area contributed by atoms with Gasteiger partial charge in [0.1, 0.15) is 5.82 Å². The Morgan fingerprint density at radius 3 is 2.62 bits per heavy atom. The van der Waals surface area contributed by atoms with Crippen molar-refractivity contribution in [3.8, 4) is 0 Å². The molecule has 1 aromatic rings. The Labute approximate surface area is 126 Å². The summed E-state index contributed by atoms with van der Waals surface area (Å²) < 4.78 is 41.1. The van der Waals surface area contributed by atoms with Crippen molar-refractivity contribution in [3.63, 3.8) is 0 Å². The minimum atomic E-state index is -3.69. The molecule has 0 radical (unpaired) electrons. The fraction of sp³-hybridized carbons (Fsp3) is 0.600. The van der Waals surface area contributed by atoms with Crippen molar-refractivity contribution in [2.45, 2.75) is 51.1 Å². The van der Waals surface area contributed by atoms with Gasteiger partial charge >= 0.3 is 0 Å². The Hall–Kier alpha value is -0.980. The number of halogens is 1. The molecule has 0 aromatic heterocycles. The summed E-state index contributed by atoms with van der Waals surface area (Å²) in [4.78, 5) is 0.0359. The van der Waals surface area contributed by atoms with Crippen LogP contribution < -0.4 is 10.0 Å². The van der Waals surface area contributed by atoms with Gasteiger partial charge in [0.15, 0.2) is 0 Å². The number of rotatable bonds is 7. The monoisotopic (exact) mass is 314 g/mol. The van der Waals surface area contributed by atoms with E-state index in [-0.39, 0.29) is 16.4 Å². The minimum absolute atomic E-state index is 0.0129. The average molecular weight is 314 g/mol. The molecule has 1 aromatic carbocycles. The SMILES string of the molecule is CCCNCc1ccc(F)cc1S(=O)(=O)NC1CC1(C)C. The molecule has 6 heteroatoms. The number of sulfonamides is 1. The Bertz CT molecular complexity index is 614. The van der Waals surface area contributed by atoms with Crippen molar-refractivity contribution in [2.24, 2.45) is 5.41 Å². The molecule has 1 saturated carbocycles. The van der Waals surface area contributed by atoms with Crippen molar-refractivity contribution in [1.82, 2.24) is 10.0 Å². The number of benzene rings is 1. The Morgan fingerprint density at radius 2 is 2.05 bits per heavy atom. The molecule has 1 aliphatic carbocycles. The van der Waals surface area contributed by atoms with Crippen molar-refractivity contribution in [1.29, 1.82) is 0 Å². The summed E-state index contributed by atoms with van der Waals surface area (Å²) in [6.45, 7) is 7.26. The zero-order chi connectivity index (χ0) is 15.7. The van der Waals surface area contributed by atoms with Gasteiger partial charge in [0.2, 0.25) is 10.0 Å². The molecular weight excluding hydrogens is 291 g/mol. The van der Waals surface area contributed by atoms with Crippen LogP contribution in [0, 0.1) is 11.2 Å². The molecule has 0 aliphatic heterocycles. The lowest BCUT2D eigenvalue weighted by Gasteiger charge is -2.13. The first kappa shape index (κ1) is 16.4. The highest BCUT2D eigenvalue weighted by Crippen LogP contribution is 2.45. The van der Waals surface area contributed by atoms with Crippen molar-refractivity contribution in [2.75, 3.05) is 6.54 Å². The van der Waals surface area contributed by atoms with Crippen LogP contribution in [0.4, 0.5) is 4.39 Å². The van der Waals surface area contributed by atoms with E-state index >= 15 is 0 Å². The number of hydrogen-bond donors (Lipinski definition) is 2. The smallest absolute Gasteiger partial charge is 0.241 e. The molecule has 4 nitrogen and oxygen atoms in total. The van der Waals surface area contributed by atoms with Gasteiger partial charge in [-0.25, -0.2) is 17.5 Å². The van der Waals surface area contributed by atoms with E-state index in [1.807, 2.05) is 20.8 Å². The quantitative estimate of drug-likeness (QED) is 0.760. The van der Waals surface area contributed by atoms with Gasteiger partial charge in [0, 0.05) is 12.6 Å². The molecule has 118 valence electrons. The molecular formula is C15H23FN2O2S. The largest absolute Gasteiger partial charge is 0.313 e. The Morgan fingerprint density at radius 1 is 1.38 bits per heavy atom. The van der Waals surface area contributed by atoms with Crippen LogP contribution in [0.1, 0.15) is 39.2 Å². The first-order valence-electron chi connectivity index (χ1n) is 7.28. The molecule has 2 rings (SSSR count). The summed E-state index contributed by atoms with van der Waals surface area (Å²) in [5.41, 5.74) is 0.580. The summed E-state index contributed by atoms with van der Waals surface area (Å²) in [6, 6.07) is 3.86. The van der Waals surface area contributed by atoms with Crippen LogP contribution in [0.25, 0.3) is 0 Å². The van der Waals surface area contributed by atoms with Gasteiger partial charge in [-0.1, -0.05) is 26.8 Å². The van der Waals surface area contributed by atoms with Gasteiger partial charge in [-0.15, -0.1) is 0 Å². The molecule has 0 saturated heterocycles. The molecule has 21 heavy (non-hydrogen) atoms. The lowest BCUT2D eigenvalue weighted by molar-refractivity contribution is 0.550. The van der Waals surface area contributed by atoms with E-state index < -0.39 is 15.8 Å². The molecule has 0 spiro atoms. The van der Waals surface area contributed by atoms with Crippen LogP contribution in [0.5, 0.6) is 0 Å². The highest BCUT2D eigenvalue weighted by atomic mass is 32.2. The fourth-order valence-corrected chi connectivity index (χ4v) is 3.90. The summed E-state index contributed by atoms with van der Waals surface area (Å²) >= 11 is 0. The Balaban J connectivity index is 2.22. The van der Waals surface area contributed by atoms with E-state index in [1.165, 1.54) is 12.1 Å². The van der Waals surface area contributed by atoms with Crippen molar-refractivity contribution in [3.05, 3.63) is 29.6 Å². The second-order valence-electron chi connectivity index (χ2n) is 6.30. The zero-order valence-electron chi connectivity index (χ0n) is 12.7. The van der Waals surface area contributed by atoms with E-state index in [2.05, 4.69) is 10.0 Å². The summed E-state index contributed by atoms with van der Waals surface area (Å²) in [5, 5.41) is 3.15. The normalized spacial score (nSPS) is 20.5. The van der Waals surface area contributed by atoms with Gasteiger partial charge in [0.05, 0.1) is 4.90 Å². The maximum Gasteiger partial charge on any atom is 0.241 e. The predicted octanol–water partition coefficient (Wildman–Crippen LogP) is 2.40. The molecule has 1 aliphatic rings. The molecule has 0 heterocycles. The topological polar surface area (TPSA) is 58.2 Å². The van der Waals surface area contributed by atoms with Crippen LogP contribution in [0.3, 0.4) is 0 Å². The standard InChI is InChI=1S/C15H23FN2O2S/c1-4-7-17-10-11-5-6-12(16)8-13(11)21(19,20)18-14-9-15(14,2)3/h5-6,8,14,17-18H,4,7,9-10H2,1-3H3. The summed E-state index contributed by atoms with van der Waals surface area (Å²) in [6.07, 6.45) is 1.77. The van der Waals surface area contributed by atoms with Crippen LogP contribution in [0.2, 0.25) is 0 Å². The van der Waals surface area contributed by atoms with Gasteiger partial charge in [0.25, 0.3) is 0 Å². The Kier molecular flexibility index (Phi) is 4.70.